The standard InChI is InChI=1S/C16H24O2/c17-15-13-11-9-7-5-3-1-2-4-6-8-10-12-14-16-18/h7,9,11,13H,1-6,8,10,12,14H2/b9-7+,13-11+. The maximum Gasteiger partial charge on any atom is 0.225 e. The van der Waals surface area contributed by atoms with Gasteiger partial charge in [0, 0.05) is 6.42 Å². The van der Waals surface area contributed by atoms with E-state index in [0.29, 0.717) is 6.42 Å². The summed E-state index contributed by atoms with van der Waals surface area (Å²) < 4.78 is 0. The van der Waals surface area contributed by atoms with E-state index < -0.39 is 0 Å². The maximum absolute atomic E-state index is 9.97. The molecule has 0 aliphatic heterocycles. The molecule has 0 amide bonds. The van der Waals surface area contributed by atoms with Gasteiger partial charge in [-0.3, -0.25) is 9.59 Å². The molecule has 0 fully saturated rings. The molecule has 0 N–H and O–H groups in total. The van der Waals surface area contributed by atoms with Crippen LogP contribution in [0.25, 0.3) is 0 Å². The van der Waals surface area contributed by atoms with Crippen molar-refractivity contribution in [3.05, 3.63) is 24.3 Å². The van der Waals surface area contributed by atoms with Gasteiger partial charge >= 0.3 is 0 Å². The average Bonchev–Trinajstić information content (AvgIpc) is 2.39. The molecule has 100 valence electrons. The lowest BCUT2D eigenvalue weighted by atomic mass is 10.1. The molecule has 0 saturated carbocycles. The van der Waals surface area contributed by atoms with Crippen LogP contribution in [-0.2, 0) is 9.59 Å². The smallest absolute Gasteiger partial charge is 0.225 e. The summed E-state index contributed by atoms with van der Waals surface area (Å²) in [5.41, 5.74) is 0. The molecular formula is C16H24O2. The van der Waals surface area contributed by atoms with Crippen molar-refractivity contribution in [2.45, 2.75) is 64.2 Å². The minimum absolute atomic E-state index is 0.600. The van der Waals surface area contributed by atoms with Gasteiger partial charge in [-0.25, -0.2) is 0 Å². The predicted molar refractivity (Wildman–Crippen MR) is 75.8 cm³/mol. The topological polar surface area (TPSA) is 34.1 Å². The number of carbonyl (C=O) groups excluding carboxylic acids is 2. The lowest BCUT2D eigenvalue weighted by Gasteiger charge is -2.00. The van der Waals surface area contributed by atoms with Crippen molar-refractivity contribution in [1.82, 2.24) is 0 Å². The zero-order valence-corrected chi connectivity index (χ0v) is 11.2. The van der Waals surface area contributed by atoms with Crippen LogP contribution >= 0.6 is 0 Å². The number of hydrogen-bond acceptors (Lipinski definition) is 2. The molecule has 0 aromatic heterocycles. The molecule has 0 aromatic rings. The fraction of sp³-hybridized carbons (Fsp3) is 0.625. The van der Waals surface area contributed by atoms with Gasteiger partial charge in [-0.2, -0.15) is 0 Å². The molecule has 2 radical (unpaired) electrons. The third kappa shape index (κ3) is 14.8. The van der Waals surface area contributed by atoms with Crippen molar-refractivity contribution < 1.29 is 9.59 Å². The highest BCUT2D eigenvalue weighted by atomic mass is 16.1. The van der Waals surface area contributed by atoms with E-state index in [1.165, 1.54) is 44.6 Å². The zero-order chi connectivity index (χ0) is 13.3. The molecule has 0 bridgehead atoms. The molecular weight excluding hydrogens is 224 g/mol. The van der Waals surface area contributed by atoms with Crippen LogP contribution in [0.15, 0.2) is 24.3 Å². The largest absolute Gasteiger partial charge is 0.291 e. The van der Waals surface area contributed by atoms with E-state index in [4.69, 9.17) is 0 Å². The molecule has 2 nitrogen and oxygen atoms in total. The Bertz CT molecular complexity index is 241. The first-order valence-electron chi connectivity index (χ1n) is 6.96. The second kappa shape index (κ2) is 15.8. The van der Waals surface area contributed by atoms with Crippen LogP contribution in [-0.4, -0.2) is 12.6 Å². The van der Waals surface area contributed by atoms with Crippen LogP contribution in [0, 0.1) is 0 Å². The Morgan fingerprint density at radius 1 is 0.722 bits per heavy atom. The Kier molecular flexibility index (Phi) is 14.8. The van der Waals surface area contributed by atoms with E-state index in [-0.39, 0.29) is 0 Å². The third-order valence-corrected chi connectivity index (χ3v) is 2.81. The second-order valence-corrected chi connectivity index (χ2v) is 4.42. The molecule has 0 rings (SSSR count). The highest BCUT2D eigenvalue weighted by molar-refractivity contribution is 5.66. The van der Waals surface area contributed by atoms with Crippen molar-refractivity contribution in [2.75, 3.05) is 0 Å². The van der Waals surface area contributed by atoms with E-state index in [1.54, 1.807) is 12.4 Å². The fourth-order valence-corrected chi connectivity index (χ4v) is 1.79. The number of unbranched alkanes of at least 4 members (excludes halogenated alkanes) is 9. The minimum atomic E-state index is 0.600. The van der Waals surface area contributed by atoms with Crippen molar-refractivity contribution >= 4 is 12.6 Å². The quantitative estimate of drug-likeness (QED) is 0.278. The first-order chi connectivity index (χ1) is 8.91. The fourth-order valence-electron chi connectivity index (χ4n) is 1.79. The Hall–Kier alpha value is -1.18. The zero-order valence-electron chi connectivity index (χ0n) is 11.2. The van der Waals surface area contributed by atoms with E-state index in [0.717, 1.165) is 19.3 Å². The summed E-state index contributed by atoms with van der Waals surface area (Å²) in [5, 5.41) is 0. The Morgan fingerprint density at radius 2 is 1.33 bits per heavy atom. The second-order valence-electron chi connectivity index (χ2n) is 4.42. The summed E-state index contributed by atoms with van der Waals surface area (Å²) >= 11 is 0. The van der Waals surface area contributed by atoms with Gasteiger partial charge in [-0.05, 0) is 25.3 Å². The molecule has 0 spiro atoms. The van der Waals surface area contributed by atoms with Gasteiger partial charge in [-0.15, -0.1) is 0 Å². The summed E-state index contributed by atoms with van der Waals surface area (Å²) in [6.45, 7) is 0. The molecule has 0 aliphatic carbocycles. The van der Waals surface area contributed by atoms with Crippen molar-refractivity contribution in [1.29, 1.82) is 0 Å². The first-order valence-corrected chi connectivity index (χ1v) is 6.96. The highest BCUT2D eigenvalue weighted by Crippen LogP contribution is 2.10. The Balaban J connectivity index is 3.07. The van der Waals surface area contributed by atoms with Crippen molar-refractivity contribution in [3.8, 4) is 0 Å². The predicted octanol–water partition coefficient (Wildman–Crippen LogP) is 4.22. The number of hydrogen-bond donors (Lipinski definition) is 0. The molecule has 0 heterocycles. The molecule has 18 heavy (non-hydrogen) atoms. The van der Waals surface area contributed by atoms with Gasteiger partial charge in [0.15, 0.2) is 6.29 Å². The lowest BCUT2D eigenvalue weighted by molar-refractivity contribution is 0.538. The van der Waals surface area contributed by atoms with Crippen LogP contribution in [0.1, 0.15) is 64.2 Å². The van der Waals surface area contributed by atoms with Gasteiger partial charge in [0.25, 0.3) is 0 Å². The summed E-state index contributed by atoms with van der Waals surface area (Å²) in [6.07, 6.45) is 22.2. The van der Waals surface area contributed by atoms with Crippen LogP contribution in [0.3, 0.4) is 0 Å². The lowest BCUT2D eigenvalue weighted by Crippen LogP contribution is -1.82. The summed E-state index contributed by atoms with van der Waals surface area (Å²) in [7, 11) is 0. The molecule has 2 heteroatoms. The number of allylic oxidation sites excluding steroid dienone is 4. The van der Waals surface area contributed by atoms with Crippen molar-refractivity contribution in [3.63, 3.8) is 0 Å². The van der Waals surface area contributed by atoms with Gasteiger partial charge < -0.3 is 0 Å². The van der Waals surface area contributed by atoms with E-state index in [1.807, 2.05) is 12.4 Å². The van der Waals surface area contributed by atoms with Crippen LogP contribution in [0.4, 0.5) is 0 Å². The normalized spacial score (nSPS) is 11.3. The van der Waals surface area contributed by atoms with Gasteiger partial charge in [0.05, 0.1) is 0 Å². The van der Waals surface area contributed by atoms with Gasteiger partial charge in [-0.1, -0.05) is 56.8 Å². The number of rotatable bonds is 13. The minimum Gasteiger partial charge on any atom is -0.291 e. The molecule has 0 aromatic carbocycles. The first kappa shape index (κ1) is 16.8. The summed E-state index contributed by atoms with van der Waals surface area (Å²) in [4.78, 5) is 19.8. The van der Waals surface area contributed by atoms with Crippen LogP contribution < -0.4 is 0 Å². The Labute approximate surface area is 111 Å². The van der Waals surface area contributed by atoms with E-state index >= 15 is 0 Å². The maximum atomic E-state index is 9.97. The molecule has 0 unspecified atom stereocenters. The Morgan fingerprint density at radius 3 is 1.94 bits per heavy atom. The average molecular weight is 248 g/mol. The van der Waals surface area contributed by atoms with Crippen molar-refractivity contribution in [2.24, 2.45) is 0 Å². The monoisotopic (exact) mass is 248 g/mol. The van der Waals surface area contributed by atoms with Gasteiger partial charge in [0.1, 0.15) is 0 Å². The van der Waals surface area contributed by atoms with Gasteiger partial charge in [0.2, 0.25) is 6.29 Å². The van der Waals surface area contributed by atoms with E-state index in [2.05, 4.69) is 6.08 Å². The highest BCUT2D eigenvalue weighted by Gasteiger charge is 1.91. The summed E-state index contributed by atoms with van der Waals surface area (Å²) in [6, 6.07) is 0. The molecule has 0 aliphatic rings. The summed E-state index contributed by atoms with van der Waals surface area (Å²) in [5.74, 6) is 0. The SMILES string of the molecule is O=[C]/C=C/C=C/CCCCCCCCCC[C]=O. The van der Waals surface area contributed by atoms with Crippen LogP contribution in [0.5, 0.6) is 0 Å². The van der Waals surface area contributed by atoms with E-state index in [9.17, 15) is 9.59 Å². The molecule has 0 atom stereocenters. The third-order valence-electron chi connectivity index (χ3n) is 2.81. The van der Waals surface area contributed by atoms with Crippen LogP contribution in [0.2, 0.25) is 0 Å². The molecule has 0 saturated heterocycles.